The molecule has 2 nitrogen and oxygen atoms in total. The Kier molecular flexibility index (Phi) is 4.97. The van der Waals surface area contributed by atoms with Crippen molar-refractivity contribution in [1.82, 2.24) is 5.32 Å². The Balaban J connectivity index is 1.89. The molecule has 114 valence electrons. The summed E-state index contributed by atoms with van der Waals surface area (Å²) in [5.41, 5.74) is 0.946. The van der Waals surface area contributed by atoms with Crippen molar-refractivity contribution in [3.05, 3.63) is 64.1 Å². The molecule has 2 aromatic rings. The molecule has 1 saturated carbocycles. The Morgan fingerprint density at radius 2 is 1.68 bits per heavy atom. The van der Waals surface area contributed by atoms with Crippen LogP contribution >= 0.6 is 35.0 Å². The number of rotatable bonds is 5. The number of hydrogen-bond acceptors (Lipinski definition) is 2. The zero-order chi connectivity index (χ0) is 15.5. The molecule has 1 fully saturated rings. The summed E-state index contributed by atoms with van der Waals surface area (Å²) in [6.07, 6.45) is 2.12. The number of nitrogens with one attached hydrogen (secondary N) is 1. The first-order chi connectivity index (χ1) is 10.6. The van der Waals surface area contributed by atoms with Crippen molar-refractivity contribution < 1.29 is 4.79 Å². The average Bonchev–Trinajstić information content (AvgIpc) is 3.31. The normalized spacial score (nSPS) is 15.4. The molecule has 0 saturated heterocycles. The fraction of sp³-hybridized carbons (Fsp3) is 0.235. The first kappa shape index (κ1) is 15.7. The van der Waals surface area contributed by atoms with Gasteiger partial charge in [0.25, 0.3) is 0 Å². The zero-order valence-corrected chi connectivity index (χ0v) is 14.1. The smallest absolute Gasteiger partial charge is 0.238 e. The Morgan fingerprint density at radius 1 is 1.05 bits per heavy atom. The summed E-state index contributed by atoms with van der Waals surface area (Å²) in [4.78, 5) is 13.3. The second-order valence-electron chi connectivity index (χ2n) is 5.24. The lowest BCUT2D eigenvalue weighted by Gasteiger charge is -2.18. The van der Waals surface area contributed by atoms with Gasteiger partial charge in [-0.15, -0.1) is 11.8 Å². The minimum Gasteiger partial charge on any atom is -0.352 e. The SMILES string of the molecule is O=C(NC1CC1)C(Sc1c(Cl)cccc1Cl)c1ccccc1. The molecule has 22 heavy (non-hydrogen) atoms. The molecule has 1 aliphatic carbocycles. The largest absolute Gasteiger partial charge is 0.352 e. The summed E-state index contributed by atoms with van der Waals surface area (Å²) >= 11 is 13.9. The molecule has 1 N–H and O–H groups in total. The molecular formula is C17H15Cl2NOS. The minimum absolute atomic E-state index is 0.00897. The zero-order valence-electron chi connectivity index (χ0n) is 11.8. The Hall–Kier alpha value is -1.16. The number of hydrogen-bond donors (Lipinski definition) is 1. The monoisotopic (exact) mass is 351 g/mol. The molecule has 1 aliphatic rings. The van der Waals surface area contributed by atoms with Gasteiger partial charge in [0.05, 0.1) is 10.0 Å². The number of halogens is 2. The van der Waals surface area contributed by atoms with Crippen molar-refractivity contribution in [3.8, 4) is 0 Å². The molecule has 0 bridgehead atoms. The van der Waals surface area contributed by atoms with E-state index < -0.39 is 0 Å². The molecule has 0 aromatic heterocycles. The van der Waals surface area contributed by atoms with Gasteiger partial charge < -0.3 is 5.32 Å². The van der Waals surface area contributed by atoms with Crippen LogP contribution in [0.3, 0.4) is 0 Å². The van der Waals surface area contributed by atoms with Crippen LogP contribution in [0.15, 0.2) is 53.4 Å². The van der Waals surface area contributed by atoms with E-state index in [1.165, 1.54) is 11.8 Å². The topological polar surface area (TPSA) is 29.1 Å². The highest BCUT2D eigenvalue weighted by atomic mass is 35.5. The van der Waals surface area contributed by atoms with Crippen molar-refractivity contribution in [2.75, 3.05) is 0 Å². The second-order valence-corrected chi connectivity index (χ2v) is 7.17. The third-order valence-electron chi connectivity index (χ3n) is 3.42. The van der Waals surface area contributed by atoms with Crippen LogP contribution < -0.4 is 5.32 Å². The maximum atomic E-state index is 12.6. The van der Waals surface area contributed by atoms with Crippen molar-refractivity contribution in [3.63, 3.8) is 0 Å². The predicted octanol–water partition coefficient (Wildman–Crippen LogP) is 5.11. The summed E-state index contributed by atoms with van der Waals surface area (Å²) in [6.45, 7) is 0. The second kappa shape index (κ2) is 6.95. The van der Waals surface area contributed by atoms with E-state index in [9.17, 15) is 4.79 Å². The van der Waals surface area contributed by atoms with E-state index >= 15 is 0 Å². The highest BCUT2D eigenvalue weighted by Crippen LogP contribution is 2.43. The van der Waals surface area contributed by atoms with Gasteiger partial charge in [-0.1, -0.05) is 59.6 Å². The lowest BCUT2D eigenvalue weighted by atomic mass is 10.1. The lowest BCUT2D eigenvalue weighted by molar-refractivity contribution is -0.120. The third kappa shape index (κ3) is 3.78. The average molecular weight is 352 g/mol. The van der Waals surface area contributed by atoms with Crippen LogP contribution in [0.5, 0.6) is 0 Å². The van der Waals surface area contributed by atoms with Crippen LogP contribution in [-0.4, -0.2) is 11.9 Å². The maximum absolute atomic E-state index is 12.6. The summed E-state index contributed by atoms with van der Waals surface area (Å²) in [5.74, 6) is 0.00897. The molecule has 3 rings (SSSR count). The van der Waals surface area contributed by atoms with Crippen molar-refractivity contribution in [2.45, 2.75) is 29.0 Å². The summed E-state index contributed by atoms with van der Waals surface area (Å²) < 4.78 is 0. The number of carbonyl (C=O) groups is 1. The molecule has 1 amide bonds. The third-order valence-corrected chi connectivity index (χ3v) is 5.67. The molecule has 2 aromatic carbocycles. The van der Waals surface area contributed by atoms with Crippen LogP contribution in [0.1, 0.15) is 23.7 Å². The van der Waals surface area contributed by atoms with E-state index in [0.717, 1.165) is 23.3 Å². The van der Waals surface area contributed by atoms with E-state index in [1.54, 1.807) is 18.2 Å². The molecule has 5 heteroatoms. The fourth-order valence-electron chi connectivity index (χ4n) is 2.12. The standard InChI is InChI=1S/C17H15Cl2NOS/c18-13-7-4-8-14(19)16(13)22-15(11-5-2-1-3-6-11)17(21)20-12-9-10-12/h1-8,12,15H,9-10H2,(H,20,21). The quantitative estimate of drug-likeness (QED) is 0.758. The van der Waals surface area contributed by atoms with Gasteiger partial charge in [-0.05, 0) is 30.5 Å². The van der Waals surface area contributed by atoms with Gasteiger partial charge in [0.1, 0.15) is 5.25 Å². The van der Waals surface area contributed by atoms with Gasteiger partial charge >= 0.3 is 0 Å². The van der Waals surface area contributed by atoms with Gasteiger partial charge in [-0.2, -0.15) is 0 Å². The van der Waals surface area contributed by atoms with Crippen molar-refractivity contribution >= 4 is 40.9 Å². The van der Waals surface area contributed by atoms with Crippen LogP contribution in [0, 0.1) is 0 Å². The Morgan fingerprint density at radius 3 is 2.27 bits per heavy atom. The van der Waals surface area contributed by atoms with Crippen LogP contribution in [0.4, 0.5) is 0 Å². The first-order valence-electron chi connectivity index (χ1n) is 7.11. The van der Waals surface area contributed by atoms with E-state index in [-0.39, 0.29) is 11.2 Å². The van der Waals surface area contributed by atoms with Gasteiger partial charge in [-0.3, -0.25) is 4.79 Å². The first-order valence-corrected chi connectivity index (χ1v) is 8.74. The van der Waals surface area contributed by atoms with Crippen molar-refractivity contribution in [2.24, 2.45) is 0 Å². The van der Waals surface area contributed by atoms with Crippen LogP contribution in [0.25, 0.3) is 0 Å². The predicted molar refractivity (Wildman–Crippen MR) is 92.7 cm³/mol. The highest BCUT2D eigenvalue weighted by Gasteiger charge is 2.29. The molecule has 0 heterocycles. The van der Waals surface area contributed by atoms with Crippen molar-refractivity contribution in [1.29, 1.82) is 0 Å². The lowest BCUT2D eigenvalue weighted by Crippen LogP contribution is -2.29. The highest BCUT2D eigenvalue weighted by molar-refractivity contribution is 8.00. The van der Waals surface area contributed by atoms with Crippen LogP contribution in [0.2, 0.25) is 10.0 Å². The Labute approximate surface area is 144 Å². The molecule has 0 aliphatic heterocycles. The van der Waals surface area contributed by atoms with Crippen LogP contribution in [-0.2, 0) is 4.79 Å². The molecular weight excluding hydrogens is 337 g/mol. The summed E-state index contributed by atoms with van der Waals surface area (Å²) in [7, 11) is 0. The molecule has 1 unspecified atom stereocenters. The molecule has 0 radical (unpaired) electrons. The number of benzene rings is 2. The number of amides is 1. The molecule has 0 spiro atoms. The van der Waals surface area contributed by atoms with Gasteiger partial charge in [0.2, 0.25) is 5.91 Å². The maximum Gasteiger partial charge on any atom is 0.238 e. The van der Waals surface area contributed by atoms with E-state index in [0.29, 0.717) is 16.1 Å². The fourth-order valence-corrected chi connectivity index (χ4v) is 3.85. The summed E-state index contributed by atoms with van der Waals surface area (Å²) in [6, 6.07) is 15.4. The summed E-state index contributed by atoms with van der Waals surface area (Å²) in [5, 5.41) is 3.84. The van der Waals surface area contributed by atoms with Gasteiger partial charge in [0.15, 0.2) is 0 Å². The minimum atomic E-state index is -0.362. The number of thioether (sulfide) groups is 1. The molecule has 1 atom stereocenters. The van der Waals surface area contributed by atoms with E-state index in [2.05, 4.69) is 5.32 Å². The van der Waals surface area contributed by atoms with E-state index in [1.807, 2.05) is 30.3 Å². The van der Waals surface area contributed by atoms with Gasteiger partial charge in [0, 0.05) is 10.9 Å². The van der Waals surface area contributed by atoms with Gasteiger partial charge in [-0.25, -0.2) is 0 Å². The number of carbonyl (C=O) groups excluding carboxylic acids is 1. The Bertz CT molecular complexity index is 653. The van der Waals surface area contributed by atoms with E-state index in [4.69, 9.17) is 23.2 Å².